The van der Waals surface area contributed by atoms with Gasteiger partial charge in [-0.25, -0.2) is 9.50 Å². The second-order valence-corrected chi connectivity index (χ2v) is 7.24. The summed E-state index contributed by atoms with van der Waals surface area (Å²) >= 11 is 0. The van der Waals surface area contributed by atoms with Crippen LogP contribution < -0.4 is 5.73 Å². The molecule has 6 heteroatoms. The lowest BCUT2D eigenvalue weighted by atomic mass is 10.1. The van der Waals surface area contributed by atoms with Gasteiger partial charge < -0.3 is 10.6 Å². The Morgan fingerprint density at radius 2 is 2.12 bits per heavy atom. The maximum Gasteiger partial charge on any atom is 0.222 e. The highest BCUT2D eigenvalue weighted by molar-refractivity contribution is 5.92. The van der Waals surface area contributed by atoms with Crippen molar-refractivity contribution in [2.45, 2.75) is 33.1 Å². The predicted octanol–water partition coefficient (Wildman–Crippen LogP) is 2.24. The van der Waals surface area contributed by atoms with Gasteiger partial charge in [-0.1, -0.05) is 12.1 Å². The molecule has 1 amide bonds. The average Bonchev–Trinajstić information content (AvgIpc) is 3.26. The van der Waals surface area contributed by atoms with Gasteiger partial charge in [-0.05, 0) is 56.8 Å². The Balaban J connectivity index is 1.58. The molecule has 0 bridgehead atoms. The fourth-order valence-corrected chi connectivity index (χ4v) is 3.98. The Morgan fingerprint density at radius 3 is 2.88 bits per heavy atom. The minimum Gasteiger partial charge on any atom is -0.342 e. The van der Waals surface area contributed by atoms with Gasteiger partial charge in [-0.3, -0.25) is 4.79 Å². The highest BCUT2D eigenvalue weighted by Crippen LogP contribution is 2.23. The fraction of sp³-hybridized carbons (Fsp3) is 0.450. The van der Waals surface area contributed by atoms with Gasteiger partial charge in [-0.2, -0.15) is 5.10 Å². The highest BCUT2D eigenvalue weighted by Gasteiger charge is 2.25. The molecule has 2 N–H and O–H groups in total. The Hall–Kier alpha value is -2.47. The number of hydrogen-bond acceptors (Lipinski definition) is 4. The monoisotopic (exact) mass is 351 g/mol. The Morgan fingerprint density at radius 1 is 1.31 bits per heavy atom. The summed E-state index contributed by atoms with van der Waals surface area (Å²) in [7, 11) is 0. The van der Waals surface area contributed by atoms with E-state index in [0.717, 1.165) is 53.0 Å². The normalized spacial score (nSPS) is 17.5. The van der Waals surface area contributed by atoms with Crippen LogP contribution in [0.3, 0.4) is 0 Å². The maximum atomic E-state index is 12.5. The molecule has 4 rings (SSSR count). The summed E-state index contributed by atoms with van der Waals surface area (Å²) in [4.78, 5) is 19.3. The van der Waals surface area contributed by atoms with E-state index in [1.165, 1.54) is 0 Å². The van der Waals surface area contributed by atoms with E-state index in [0.29, 0.717) is 25.3 Å². The minimum atomic E-state index is 0.213. The van der Waals surface area contributed by atoms with Crippen LogP contribution in [-0.4, -0.2) is 45.0 Å². The molecule has 1 aliphatic heterocycles. The molecule has 0 saturated carbocycles. The molecule has 1 aromatic carbocycles. The van der Waals surface area contributed by atoms with Crippen LogP contribution in [0.1, 0.15) is 29.8 Å². The van der Waals surface area contributed by atoms with Gasteiger partial charge in [0.25, 0.3) is 0 Å². The van der Waals surface area contributed by atoms with Crippen molar-refractivity contribution in [1.82, 2.24) is 19.5 Å². The van der Waals surface area contributed by atoms with Gasteiger partial charge in [0.15, 0.2) is 5.65 Å². The van der Waals surface area contributed by atoms with Crippen molar-refractivity contribution in [3.05, 3.63) is 41.2 Å². The van der Waals surface area contributed by atoms with Gasteiger partial charge in [-0.15, -0.1) is 0 Å². The molecule has 26 heavy (non-hydrogen) atoms. The smallest absolute Gasteiger partial charge is 0.222 e. The van der Waals surface area contributed by atoms with Gasteiger partial charge in [0, 0.05) is 36.3 Å². The number of benzene rings is 1. The number of fused-ring (bicyclic) bond motifs is 3. The van der Waals surface area contributed by atoms with E-state index in [-0.39, 0.29) is 5.91 Å². The van der Waals surface area contributed by atoms with Crippen LogP contribution in [0.5, 0.6) is 0 Å². The van der Waals surface area contributed by atoms with Crippen LogP contribution in [-0.2, 0) is 11.2 Å². The summed E-state index contributed by atoms with van der Waals surface area (Å²) in [5.41, 5.74) is 10.7. The molecule has 3 aromatic rings. The lowest BCUT2D eigenvalue weighted by Gasteiger charge is -2.17. The molecular formula is C20H25N5O. The SMILES string of the molecule is Cc1nc2c3ccccc3nn2c(C)c1CCC(=O)N1CCC(CN)C1. The summed E-state index contributed by atoms with van der Waals surface area (Å²) in [6.07, 6.45) is 2.22. The molecule has 0 aliphatic carbocycles. The molecule has 3 heterocycles. The van der Waals surface area contributed by atoms with Gasteiger partial charge in [0.2, 0.25) is 5.91 Å². The average molecular weight is 351 g/mol. The third-order valence-corrected chi connectivity index (χ3v) is 5.58. The quantitative estimate of drug-likeness (QED) is 0.782. The third kappa shape index (κ3) is 2.84. The van der Waals surface area contributed by atoms with Gasteiger partial charge >= 0.3 is 0 Å². The first kappa shape index (κ1) is 17.0. The van der Waals surface area contributed by atoms with Crippen molar-refractivity contribution < 1.29 is 4.79 Å². The molecule has 136 valence electrons. The van der Waals surface area contributed by atoms with Crippen molar-refractivity contribution in [3.8, 4) is 0 Å². The topological polar surface area (TPSA) is 76.5 Å². The van der Waals surface area contributed by atoms with Gasteiger partial charge in [0.05, 0.1) is 5.52 Å². The van der Waals surface area contributed by atoms with Crippen LogP contribution in [0.4, 0.5) is 0 Å². The molecule has 1 unspecified atom stereocenters. The first-order valence-electron chi connectivity index (χ1n) is 9.30. The number of hydrogen-bond donors (Lipinski definition) is 1. The number of nitrogens with zero attached hydrogens (tertiary/aromatic N) is 4. The number of carbonyl (C=O) groups is 1. The zero-order valence-electron chi connectivity index (χ0n) is 15.4. The van der Waals surface area contributed by atoms with Crippen LogP contribution in [0.2, 0.25) is 0 Å². The molecule has 0 spiro atoms. The zero-order valence-corrected chi connectivity index (χ0v) is 15.4. The van der Waals surface area contributed by atoms with Gasteiger partial charge in [0.1, 0.15) is 0 Å². The van der Waals surface area contributed by atoms with E-state index >= 15 is 0 Å². The number of likely N-dealkylation sites (tertiary alicyclic amines) is 1. The standard InChI is InChI=1S/C20H25N5O/c1-13-16(7-8-19(26)24-10-9-15(11-21)12-24)14(2)25-20(22-13)17-5-3-4-6-18(17)23-25/h3-6,15H,7-12,21H2,1-2H3. The van der Waals surface area contributed by atoms with Crippen molar-refractivity contribution in [2.75, 3.05) is 19.6 Å². The molecule has 2 aromatic heterocycles. The Kier molecular flexibility index (Phi) is 4.36. The molecule has 1 atom stereocenters. The van der Waals surface area contributed by atoms with Crippen molar-refractivity contribution in [2.24, 2.45) is 11.7 Å². The van der Waals surface area contributed by atoms with E-state index in [1.807, 2.05) is 40.6 Å². The predicted molar refractivity (Wildman–Crippen MR) is 102 cm³/mol. The molecule has 1 fully saturated rings. The lowest BCUT2D eigenvalue weighted by Crippen LogP contribution is -2.30. The second-order valence-electron chi connectivity index (χ2n) is 7.24. The number of rotatable bonds is 4. The first-order chi connectivity index (χ1) is 12.6. The third-order valence-electron chi connectivity index (χ3n) is 5.58. The first-order valence-corrected chi connectivity index (χ1v) is 9.30. The van der Waals surface area contributed by atoms with Crippen molar-refractivity contribution >= 4 is 22.5 Å². The van der Waals surface area contributed by atoms with Crippen LogP contribution in [0, 0.1) is 19.8 Å². The molecule has 0 radical (unpaired) electrons. The summed E-state index contributed by atoms with van der Waals surface area (Å²) in [5, 5.41) is 5.75. The van der Waals surface area contributed by atoms with Crippen LogP contribution in [0.25, 0.3) is 16.6 Å². The highest BCUT2D eigenvalue weighted by atomic mass is 16.2. The summed E-state index contributed by atoms with van der Waals surface area (Å²) in [6.45, 7) is 6.38. The number of carbonyl (C=O) groups excluding carboxylic acids is 1. The Labute approximate surface area is 153 Å². The number of amides is 1. The van der Waals surface area contributed by atoms with Crippen LogP contribution >= 0.6 is 0 Å². The lowest BCUT2D eigenvalue weighted by molar-refractivity contribution is -0.130. The molecule has 6 nitrogen and oxygen atoms in total. The number of aryl methyl sites for hydroxylation is 2. The number of aromatic nitrogens is 3. The molecule has 1 aliphatic rings. The van der Waals surface area contributed by atoms with E-state index in [9.17, 15) is 4.79 Å². The van der Waals surface area contributed by atoms with E-state index in [1.54, 1.807) is 0 Å². The summed E-state index contributed by atoms with van der Waals surface area (Å²) < 4.78 is 1.91. The summed E-state index contributed by atoms with van der Waals surface area (Å²) in [5.74, 6) is 0.669. The maximum absolute atomic E-state index is 12.5. The largest absolute Gasteiger partial charge is 0.342 e. The summed E-state index contributed by atoms with van der Waals surface area (Å²) in [6, 6.07) is 8.05. The molecule has 1 saturated heterocycles. The second kappa shape index (κ2) is 6.68. The van der Waals surface area contributed by atoms with Crippen LogP contribution in [0.15, 0.2) is 24.3 Å². The zero-order chi connectivity index (χ0) is 18.3. The molecular weight excluding hydrogens is 326 g/mol. The number of nitrogens with two attached hydrogens (primary N) is 1. The van der Waals surface area contributed by atoms with E-state index in [2.05, 4.69) is 12.0 Å². The van der Waals surface area contributed by atoms with E-state index in [4.69, 9.17) is 10.7 Å². The van der Waals surface area contributed by atoms with Crippen molar-refractivity contribution in [1.29, 1.82) is 0 Å². The minimum absolute atomic E-state index is 0.213. The Bertz CT molecular complexity index is 977. The fourth-order valence-electron chi connectivity index (χ4n) is 3.98. The van der Waals surface area contributed by atoms with Crippen molar-refractivity contribution in [3.63, 3.8) is 0 Å². The van der Waals surface area contributed by atoms with E-state index < -0.39 is 0 Å².